The maximum Gasteiger partial charge on any atom is 0.142 e. The predicted octanol–water partition coefficient (Wildman–Crippen LogP) is 2.45. The van der Waals surface area contributed by atoms with Crippen LogP contribution in [0, 0.1) is 17.2 Å². The smallest absolute Gasteiger partial charge is 0.142 e. The molecule has 2 unspecified atom stereocenters. The van der Waals surface area contributed by atoms with Gasteiger partial charge in [0.1, 0.15) is 23.4 Å². The monoisotopic (exact) mass is 305 g/mol. The highest BCUT2D eigenvalue weighted by molar-refractivity contribution is 5.47. The lowest BCUT2D eigenvalue weighted by molar-refractivity contribution is 0.388. The SMILES string of the molecule is N#Cc1cccc(N2CCC3CCN(c4ccccn4)CC32)n1. The van der Waals surface area contributed by atoms with E-state index < -0.39 is 0 Å². The normalized spacial score (nSPS) is 23.4. The summed E-state index contributed by atoms with van der Waals surface area (Å²) in [5, 5.41) is 9.08. The van der Waals surface area contributed by atoms with E-state index in [1.54, 1.807) is 6.07 Å². The largest absolute Gasteiger partial charge is 0.355 e. The number of aromatic nitrogens is 2. The highest BCUT2D eigenvalue weighted by atomic mass is 15.3. The second-order valence-electron chi connectivity index (χ2n) is 6.22. The quantitative estimate of drug-likeness (QED) is 0.853. The Morgan fingerprint density at radius 2 is 1.91 bits per heavy atom. The molecule has 2 aromatic heterocycles. The maximum absolute atomic E-state index is 9.08. The van der Waals surface area contributed by atoms with Crippen molar-refractivity contribution in [2.24, 2.45) is 5.92 Å². The highest BCUT2D eigenvalue weighted by Crippen LogP contribution is 2.35. The van der Waals surface area contributed by atoms with Gasteiger partial charge in [-0.15, -0.1) is 0 Å². The van der Waals surface area contributed by atoms with E-state index in [0.29, 0.717) is 17.7 Å². The minimum absolute atomic E-state index is 0.451. The zero-order chi connectivity index (χ0) is 15.6. The number of hydrogen-bond donors (Lipinski definition) is 0. The summed E-state index contributed by atoms with van der Waals surface area (Å²) in [5.41, 5.74) is 0.489. The van der Waals surface area contributed by atoms with Crippen LogP contribution in [-0.4, -0.2) is 35.6 Å². The first kappa shape index (κ1) is 14.0. The highest BCUT2D eigenvalue weighted by Gasteiger charge is 2.39. The fourth-order valence-electron chi connectivity index (χ4n) is 3.82. The summed E-state index contributed by atoms with van der Waals surface area (Å²) in [6.07, 6.45) is 4.25. The summed E-state index contributed by atoms with van der Waals surface area (Å²) in [6.45, 7) is 3.06. The zero-order valence-electron chi connectivity index (χ0n) is 13.0. The molecule has 2 aliphatic heterocycles. The molecule has 2 aromatic rings. The number of nitrogens with zero attached hydrogens (tertiary/aromatic N) is 5. The second kappa shape index (κ2) is 5.88. The van der Waals surface area contributed by atoms with E-state index in [-0.39, 0.29) is 0 Å². The van der Waals surface area contributed by atoms with Crippen molar-refractivity contribution in [1.29, 1.82) is 5.26 Å². The van der Waals surface area contributed by atoms with Crippen molar-refractivity contribution in [3.05, 3.63) is 48.3 Å². The lowest BCUT2D eigenvalue weighted by Gasteiger charge is -2.39. The molecule has 0 aliphatic carbocycles. The van der Waals surface area contributed by atoms with Crippen molar-refractivity contribution < 1.29 is 0 Å². The average molecular weight is 305 g/mol. The van der Waals surface area contributed by atoms with Crippen LogP contribution < -0.4 is 9.80 Å². The molecule has 0 N–H and O–H groups in total. The third-order valence-corrected chi connectivity index (χ3v) is 4.98. The van der Waals surface area contributed by atoms with E-state index in [1.165, 1.54) is 12.8 Å². The topological polar surface area (TPSA) is 56.1 Å². The number of nitriles is 1. The Morgan fingerprint density at radius 1 is 1.04 bits per heavy atom. The van der Waals surface area contributed by atoms with Gasteiger partial charge in [-0.05, 0) is 43.0 Å². The van der Waals surface area contributed by atoms with E-state index in [9.17, 15) is 0 Å². The van der Waals surface area contributed by atoms with E-state index in [2.05, 4.69) is 31.9 Å². The Kier molecular flexibility index (Phi) is 3.58. The average Bonchev–Trinajstić information content (AvgIpc) is 3.05. The first-order valence-corrected chi connectivity index (χ1v) is 8.15. The standard InChI is InChI=1S/C18H19N5/c19-12-15-4-3-6-18(21-15)23-11-8-14-7-10-22(13-16(14)23)17-5-1-2-9-20-17/h1-6,9,14,16H,7-8,10-11,13H2. The molecule has 4 rings (SSSR count). The lowest BCUT2D eigenvalue weighted by atomic mass is 9.92. The summed E-state index contributed by atoms with van der Waals surface area (Å²) in [4.78, 5) is 13.7. The van der Waals surface area contributed by atoms with Gasteiger partial charge >= 0.3 is 0 Å². The molecule has 23 heavy (non-hydrogen) atoms. The molecular weight excluding hydrogens is 286 g/mol. The van der Waals surface area contributed by atoms with Crippen molar-refractivity contribution in [2.75, 3.05) is 29.4 Å². The number of pyridine rings is 2. The molecule has 0 saturated carbocycles. The third kappa shape index (κ3) is 2.61. The molecule has 2 atom stereocenters. The molecule has 0 amide bonds. The molecular formula is C18H19N5. The summed E-state index contributed by atoms with van der Waals surface area (Å²) in [5.74, 6) is 2.69. The molecule has 2 saturated heterocycles. The zero-order valence-corrected chi connectivity index (χ0v) is 13.0. The second-order valence-corrected chi connectivity index (χ2v) is 6.22. The molecule has 116 valence electrons. The van der Waals surface area contributed by atoms with Crippen molar-refractivity contribution in [2.45, 2.75) is 18.9 Å². The molecule has 5 heteroatoms. The van der Waals surface area contributed by atoms with Crippen LogP contribution in [0.5, 0.6) is 0 Å². The van der Waals surface area contributed by atoms with Gasteiger partial charge in [-0.25, -0.2) is 9.97 Å². The minimum atomic E-state index is 0.451. The third-order valence-electron chi connectivity index (χ3n) is 4.98. The van der Waals surface area contributed by atoms with Crippen LogP contribution in [0.3, 0.4) is 0 Å². The van der Waals surface area contributed by atoms with Gasteiger partial charge < -0.3 is 9.80 Å². The van der Waals surface area contributed by atoms with Crippen molar-refractivity contribution >= 4 is 11.6 Å². The number of rotatable bonds is 2. The van der Waals surface area contributed by atoms with Crippen molar-refractivity contribution in [3.63, 3.8) is 0 Å². The first-order valence-electron chi connectivity index (χ1n) is 8.15. The number of piperidine rings is 1. The fourth-order valence-corrected chi connectivity index (χ4v) is 3.82. The van der Waals surface area contributed by atoms with E-state index >= 15 is 0 Å². The summed E-state index contributed by atoms with van der Waals surface area (Å²) < 4.78 is 0. The maximum atomic E-state index is 9.08. The van der Waals surface area contributed by atoms with Crippen LogP contribution in [-0.2, 0) is 0 Å². The molecule has 0 aromatic carbocycles. The Hall–Kier alpha value is -2.61. The van der Waals surface area contributed by atoms with Crippen LogP contribution >= 0.6 is 0 Å². The van der Waals surface area contributed by atoms with Gasteiger partial charge in [0.15, 0.2) is 0 Å². The van der Waals surface area contributed by atoms with Crippen LogP contribution in [0.15, 0.2) is 42.6 Å². The van der Waals surface area contributed by atoms with Crippen LogP contribution in [0.25, 0.3) is 0 Å². The Labute approximate surface area is 136 Å². The molecule has 5 nitrogen and oxygen atoms in total. The fraction of sp³-hybridized carbons (Fsp3) is 0.389. The summed E-state index contributed by atoms with van der Waals surface area (Å²) >= 11 is 0. The Morgan fingerprint density at radius 3 is 2.74 bits per heavy atom. The molecule has 2 aliphatic rings. The van der Waals surface area contributed by atoms with Crippen molar-refractivity contribution in [3.8, 4) is 6.07 Å². The number of hydrogen-bond acceptors (Lipinski definition) is 5. The van der Waals surface area contributed by atoms with E-state index in [4.69, 9.17) is 5.26 Å². The lowest BCUT2D eigenvalue weighted by Crippen LogP contribution is -2.48. The Bertz CT molecular complexity index is 724. The number of anilines is 2. The van der Waals surface area contributed by atoms with Gasteiger partial charge in [-0.1, -0.05) is 12.1 Å². The molecule has 4 heterocycles. The van der Waals surface area contributed by atoms with Crippen LogP contribution in [0.1, 0.15) is 18.5 Å². The van der Waals surface area contributed by atoms with Gasteiger partial charge in [0.05, 0.1) is 6.04 Å². The van der Waals surface area contributed by atoms with Crippen LogP contribution in [0.2, 0.25) is 0 Å². The van der Waals surface area contributed by atoms with Crippen LogP contribution in [0.4, 0.5) is 11.6 Å². The van der Waals surface area contributed by atoms with E-state index in [0.717, 1.165) is 31.3 Å². The molecule has 0 spiro atoms. The predicted molar refractivity (Wildman–Crippen MR) is 89.3 cm³/mol. The minimum Gasteiger partial charge on any atom is -0.355 e. The number of fused-ring (bicyclic) bond motifs is 1. The van der Waals surface area contributed by atoms with Gasteiger partial charge in [0, 0.05) is 25.8 Å². The summed E-state index contributed by atoms with van der Waals surface area (Å²) in [7, 11) is 0. The van der Waals surface area contributed by atoms with E-state index in [1.807, 2.05) is 30.5 Å². The molecule has 0 bridgehead atoms. The van der Waals surface area contributed by atoms with Crippen molar-refractivity contribution in [1.82, 2.24) is 9.97 Å². The van der Waals surface area contributed by atoms with Gasteiger partial charge in [-0.3, -0.25) is 0 Å². The molecule has 0 radical (unpaired) electrons. The van der Waals surface area contributed by atoms with Gasteiger partial charge in [-0.2, -0.15) is 5.26 Å². The Balaban J connectivity index is 1.58. The van der Waals surface area contributed by atoms with Gasteiger partial charge in [0.2, 0.25) is 0 Å². The molecule has 2 fully saturated rings. The summed E-state index contributed by atoms with van der Waals surface area (Å²) in [6, 6.07) is 14.4. The van der Waals surface area contributed by atoms with Gasteiger partial charge in [0.25, 0.3) is 0 Å². The first-order chi connectivity index (χ1) is 11.3.